The van der Waals surface area contributed by atoms with Crippen LogP contribution in [0, 0.1) is 0 Å². The summed E-state index contributed by atoms with van der Waals surface area (Å²) in [6.45, 7) is 2.14. The number of thioether (sulfide) groups is 1. The molecule has 0 fully saturated rings. The minimum Gasteiger partial charge on any atom is -1.00 e. The smallest absolute Gasteiger partial charge is 0.277 e. The third-order valence-electron chi connectivity index (χ3n) is 3.00. The van der Waals surface area contributed by atoms with Gasteiger partial charge in [-0.1, -0.05) is 36.4 Å². The Labute approximate surface area is 134 Å². The Morgan fingerprint density at radius 3 is 2.15 bits per heavy atom. The minimum absolute atomic E-state index is 0. The lowest BCUT2D eigenvalue weighted by Gasteiger charge is -2.13. The minimum atomic E-state index is 0. The molecular formula is C16H15BrN2S. The van der Waals surface area contributed by atoms with Gasteiger partial charge < -0.3 is 17.0 Å². The molecule has 0 radical (unpaired) electrons. The molecule has 102 valence electrons. The molecule has 2 aromatic rings. The number of quaternary nitrogens is 1. The van der Waals surface area contributed by atoms with E-state index in [2.05, 4.69) is 36.6 Å². The van der Waals surface area contributed by atoms with Crippen molar-refractivity contribution >= 4 is 28.3 Å². The van der Waals surface area contributed by atoms with E-state index in [0.717, 1.165) is 10.9 Å². The highest BCUT2D eigenvalue weighted by Gasteiger charge is 2.28. The van der Waals surface area contributed by atoms with Crippen molar-refractivity contribution in [1.29, 1.82) is 0 Å². The van der Waals surface area contributed by atoms with Gasteiger partial charge in [0.15, 0.2) is 0 Å². The van der Waals surface area contributed by atoms with Crippen LogP contribution in [0.25, 0.3) is 0 Å². The van der Waals surface area contributed by atoms with E-state index in [4.69, 9.17) is 4.99 Å². The van der Waals surface area contributed by atoms with Crippen molar-refractivity contribution in [2.24, 2.45) is 4.99 Å². The number of hydrogen-bond acceptors (Lipinski definition) is 2. The van der Waals surface area contributed by atoms with Gasteiger partial charge in [-0.3, -0.25) is 0 Å². The Hall–Kier alpha value is -1.36. The lowest BCUT2D eigenvalue weighted by Crippen LogP contribution is -3.05. The Morgan fingerprint density at radius 1 is 0.900 bits per heavy atom. The number of benzene rings is 2. The SMILES string of the molecule is CC1=CSC(=Nc2ccccc2)[NH+]1c1ccccc1.[Br-]. The molecule has 0 saturated carbocycles. The normalized spacial score (nSPS) is 19.6. The first kappa shape index (κ1) is 15.0. The van der Waals surface area contributed by atoms with Crippen molar-refractivity contribution in [3.05, 3.63) is 71.8 Å². The van der Waals surface area contributed by atoms with E-state index >= 15 is 0 Å². The summed E-state index contributed by atoms with van der Waals surface area (Å²) in [4.78, 5) is 6.00. The van der Waals surface area contributed by atoms with Gasteiger partial charge in [-0.25, -0.2) is 4.90 Å². The molecule has 20 heavy (non-hydrogen) atoms. The molecule has 3 rings (SSSR count). The molecule has 0 saturated heterocycles. The highest BCUT2D eigenvalue weighted by atomic mass is 79.9. The van der Waals surface area contributed by atoms with Crippen molar-refractivity contribution in [2.75, 3.05) is 0 Å². The van der Waals surface area contributed by atoms with E-state index in [0.29, 0.717) is 0 Å². The van der Waals surface area contributed by atoms with Gasteiger partial charge in [-0.15, -0.1) is 0 Å². The molecule has 0 spiro atoms. The van der Waals surface area contributed by atoms with Crippen LogP contribution in [0.1, 0.15) is 6.92 Å². The number of allylic oxidation sites excluding steroid dienone is 1. The van der Waals surface area contributed by atoms with Crippen molar-refractivity contribution in [3.8, 4) is 0 Å². The predicted octanol–water partition coefficient (Wildman–Crippen LogP) is 0.503. The first-order chi connectivity index (χ1) is 9.34. The molecule has 1 unspecified atom stereocenters. The summed E-state index contributed by atoms with van der Waals surface area (Å²) in [5.74, 6) is 0. The Balaban J connectivity index is 0.00000147. The van der Waals surface area contributed by atoms with Gasteiger partial charge in [0.1, 0.15) is 11.4 Å². The average Bonchev–Trinajstić information content (AvgIpc) is 2.82. The quantitative estimate of drug-likeness (QED) is 0.837. The standard InChI is InChI=1S/C16H14N2S.BrH/c1-13-12-19-16(17-14-8-4-2-5-9-14)18(13)15-10-6-3-7-11-15;/h2-12H,1H3;1H. The summed E-state index contributed by atoms with van der Waals surface area (Å²) < 4.78 is 0. The molecule has 1 aliphatic rings. The fraction of sp³-hybridized carbons (Fsp3) is 0.0625. The summed E-state index contributed by atoms with van der Waals surface area (Å²) >= 11 is 1.70. The van der Waals surface area contributed by atoms with E-state index in [1.807, 2.05) is 36.4 Å². The van der Waals surface area contributed by atoms with Crippen molar-refractivity contribution in [2.45, 2.75) is 6.92 Å². The lowest BCUT2D eigenvalue weighted by atomic mass is 10.3. The largest absolute Gasteiger partial charge is 1.00 e. The van der Waals surface area contributed by atoms with Gasteiger partial charge in [-0.2, -0.15) is 4.99 Å². The van der Waals surface area contributed by atoms with Gasteiger partial charge in [0.05, 0.1) is 5.69 Å². The Kier molecular flexibility index (Phi) is 5.17. The first-order valence-corrected chi connectivity index (χ1v) is 7.13. The molecule has 0 aromatic heterocycles. The fourth-order valence-corrected chi connectivity index (χ4v) is 3.05. The van der Waals surface area contributed by atoms with Crippen molar-refractivity contribution in [1.82, 2.24) is 0 Å². The Bertz CT molecular complexity index is 623. The molecule has 1 N–H and O–H groups in total. The molecule has 0 aliphatic carbocycles. The highest BCUT2D eigenvalue weighted by Crippen LogP contribution is 2.19. The van der Waals surface area contributed by atoms with E-state index in [1.54, 1.807) is 11.8 Å². The predicted molar refractivity (Wildman–Crippen MR) is 81.9 cm³/mol. The summed E-state index contributed by atoms with van der Waals surface area (Å²) in [5, 5.41) is 3.25. The number of nitrogens with one attached hydrogen (secondary N) is 1. The third kappa shape index (κ3) is 3.20. The second kappa shape index (κ2) is 6.88. The van der Waals surface area contributed by atoms with Crippen molar-refractivity contribution in [3.63, 3.8) is 0 Å². The van der Waals surface area contributed by atoms with Crippen LogP contribution in [0.15, 0.2) is 76.8 Å². The molecule has 1 heterocycles. The summed E-state index contributed by atoms with van der Waals surface area (Å²) in [5.41, 5.74) is 3.52. The maximum absolute atomic E-state index is 4.76. The third-order valence-corrected chi connectivity index (χ3v) is 3.99. The van der Waals surface area contributed by atoms with Gasteiger partial charge in [-0.05, 0) is 36.0 Å². The molecule has 4 heteroatoms. The number of halogens is 1. The highest BCUT2D eigenvalue weighted by molar-refractivity contribution is 8.16. The topological polar surface area (TPSA) is 16.8 Å². The number of hydrogen-bond donors (Lipinski definition) is 1. The van der Waals surface area contributed by atoms with E-state index in [1.165, 1.54) is 16.3 Å². The summed E-state index contributed by atoms with van der Waals surface area (Å²) in [7, 11) is 0. The maximum Gasteiger partial charge on any atom is 0.277 e. The zero-order valence-electron chi connectivity index (χ0n) is 11.1. The lowest BCUT2D eigenvalue weighted by molar-refractivity contribution is -0.677. The van der Waals surface area contributed by atoms with Gasteiger partial charge in [0.2, 0.25) is 0 Å². The summed E-state index contributed by atoms with van der Waals surface area (Å²) in [6.07, 6.45) is 0. The second-order valence-electron chi connectivity index (χ2n) is 4.41. The van der Waals surface area contributed by atoms with Crippen LogP contribution in [0.5, 0.6) is 0 Å². The van der Waals surface area contributed by atoms with Crippen LogP contribution in [-0.4, -0.2) is 5.17 Å². The molecule has 2 aromatic carbocycles. The van der Waals surface area contributed by atoms with E-state index in [9.17, 15) is 0 Å². The molecule has 0 amide bonds. The summed E-state index contributed by atoms with van der Waals surface area (Å²) in [6, 6.07) is 20.6. The first-order valence-electron chi connectivity index (χ1n) is 6.25. The van der Waals surface area contributed by atoms with Crippen LogP contribution in [0.2, 0.25) is 0 Å². The monoisotopic (exact) mass is 346 g/mol. The van der Waals surface area contributed by atoms with Gasteiger partial charge in [0, 0.05) is 12.3 Å². The number of nitrogens with zero attached hydrogens (tertiary/aromatic N) is 1. The van der Waals surface area contributed by atoms with Crippen LogP contribution >= 0.6 is 11.8 Å². The molecule has 2 nitrogen and oxygen atoms in total. The Morgan fingerprint density at radius 2 is 1.50 bits per heavy atom. The van der Waals surface area contributed by atoms with Crippen LogP contribution in [0.3, 0.4) is 0 Å². The number of amidine groups is 1. The van der Waals surface area contributed by atoms with Crippen LogP contribution in [0.4, 0.5) is 11.4 Å². The zero-order chi connectivity index (χ0) is 13.1. The molecule has 1 aliphatic heterocycles. The van der Waals surface area contributed by atoms with E-state index < -0.39 is 0 Å². The number of para-hydroxylation sites is 2. The second-order valence-corrected chi connectivity index (χ2v) is 5.27. The molecular weight excluding hydrogens is 332 g/mol. The average molecular weight is 347 g/mol. The number of rotatable bonds is 2. The van der Waals surface area contributed by atoms with Crippen LogP contribution in [-0.2, 0) is 0 Å². The van der Waals surface area contributed by atoms with E-state index in [-0.39, 0.29) is 17.0 Å². The number of aliphatic imine (C=N–C) groups is 1. The molecule has 0 bridgehead atoms. The fourth-order valence-electron chi connectivity index (χ4n) is 2.09. The van der Waals surface area contributed by atoms with Crippen molar-refractivity contribution < 1.29 is 21.9 Å². The zero-order valence-corrected chi connectivity index (χ0v) is 13.5. The molecule has 1 atom stereocenters. The van der Waals surface area contributed by atoms with Gasteiger partial charge >= 0.3 is 0 Å². The van der Waals surface area contributed by atoms with Gasteiger partial charge in [0.25, 0.3) is 5.17 Å². The van der Waals surface area contributed by atoms with Crippen LogP contribution < -0.4 is 21.9 Å². The maximum atomic E-state index is 4.76.